The Kier molecular flexibility index (Phi) is 5.98. The summed E-state index contributed by atoms with van der Waals surface area (Å²) in [6.07, 6.45) is 7.16. The number of nitrogens with one attached hydrogen (secondary N) is 1. The highest BCUT2D eigenvalue weighted by atomic mass is 32.1. The van der Waals surface area contributed by atoms with Crippen molar-refractivity contribution in [2.45, 2.75) is 25.7 Å². The molecule has 1 aliphatic carbocycles. The number of hydrogen-bond donors (Lipinski definition) is 1. The minimum Gasteiger partial charge on any atom is -0.494 e. The third-order valence-electron chi connectivity index (χ3n) is 6.33. The lowest BCUT2D eigenvalue weighted by atomic mass is 9.98. The standard InChI is InChI=1S/C28H21N7O2S/c1-15-9-19(20-10-22(17-7-8-17)31-14-24(20)37-2)21(12-30-15)26(36)35-28-34-25-27(38-28)33-23(13-32-25)18-5-3-16(11-29)4-6-18/h3-6,9-10,12-14,17H,7-8H2,1-2H3,(H,32,34,35,36). The van der Waals surface area contributed by atoms with Gasteiger partial charge in [0.15, 0.2) is 15.6 Å². The van der Waals surface area contributed by atoms with Crippen LogP contribution in [0.3, 0.4) is 0 Å². The van der Waals surface area contributed by atoms with Gasteiger partial charge in [-0.1, -0.05) is 23.5 Å². The number of carbonyl (C=O) groups excluding carboxylic acids is 1. The number of hydrogen-bond acceptors (Lipinski definition) is 9. The van der Waals surface area contributed by atoms with Crippen LogP contribution >= 0.6 is 11.3 Å². The maximum atomic E-state index is 13.5. The van der Waals surface area contributed by atoms with Gasteiger partial charge in [0.2, 0.25) is 0 Å². The van der Waals surface area contributed by atoms with Crippen molar-refractivity contribution in [3.05, 3.63) is 77.5 Å². The fourth-order valence-corrected chi connectivity index (χ4v) is 4.98. The molecule has 0 aliphatic heterocycles. The van der Waals surface area contributed by atoms with E-state index in [1.54, 1.807) is 37.8 Å². The summed E-state index contributed by atoms with van der Waals surface area (Å²) < 4.78 is 5.59. The summed E-state index contributed by atoms with van der Waals surface area (Å²) >= 11 is 1.24. The van der Waals surface area contributed by atoms with E-state index in [4.69, 9.17) is 10.00 Å². The van der Waals surface area contributed by atoms with Crippen molar-refractivity contribution in [2.24, 2.45) is 0 Å². The van der Waals surface area contributed by atoms with E-state index < -0.39 is 0 Å². The smallest absolute Gasteiger partial charge is 0.259 e. The van der Waals surface area contributed by atoms with Crippen molar-refractivity contribution in [1.82, 2.24) is 24.9 Å². The predicted octanol–water partition coefficient (Wildman–Crippen LogP) is 5.53. The monoisotopic (exact) mass is 519 g/mol. The fraction of sp³-hybridized carbons (Fsp3) is 0.179. The molecule has 1 N–H and O–H groups in total. The Bertz CT molecular complexity index is 1740. The molecule has 0 saturated heterocycles. The van der Waals surface area contributed by atoms with Crippen LogP contribution in [0.1, 0.15) is 46.1 Å². The Morgan fingerprint density at radius 2 is 1.87 bits per heavy atom. The second-order valence-electron chi connectivity index (χ2n) is 9.00. The Morgan fingerprint density at radius 1 is 1.05 bits per heavy atom. The number of ether oxygens (including phenoxy) is 1. The molecule has 0 spiro atoms. The van der Waals surface area contributed by atoms with Crippen LogP contribution in [-0.4, -0.2) is 37.9 Å². The second kappa shape index (κ2) is 9.61. The fourth-order valence-electron chi connectivity index (χ4n) is 4.19. The number of aromatic nitrogens is 5. The number of methoxy groups -OCH3 is 1. The van der Waals surface area contributed by atoms with Gasteiger partial charge in [-0.15, -0.1) is 0 Å². The number of fused-ring (bicyclic) bond motifs is 1. The van der Waals surface area contributed by atoms with Gasteiger partial charge in [0.25, 0.3) is 5.91 Å². The van der Waals surface area contributed by atoms with Gasteiger partial charge in [-0.2, -0.15) is 10.2 Å². The van der Waals surface area contributed by atoms with E-state index in [1.165, 1.54) is 11.3 Å². The summed E-state index contributed by atoms with van der Waals surface area (Å²) in [5.74, 6) is 0.709. The molecule has 1 fully saturated rings. The van der Waals surface area contributed by atoms with Crippen LogP contribution in [0.4, 0.5) is 5.13 Å². The normalized spacial score (nSPS) is 12.8. The molecule has 10 heteroatoms. The molecule has 1 amide bonds. The highest BCUT2D eigenvalue weighted by molar-refractivity contribution is 7.21. The Morgan fingerprint density at radius 3 is 2.61 bits per heavy atom. The molecule has 0 unspecified atom stereocenters. The van der Waals surface area contributed by atoms with Crippen LogP contribution in [0.15, 0.2) is 55.0 Å². The van der Waals surface area contributed by atoms with Gasteiger partial charge in [-0.3, -0.25) is 20.1 Å². The number of anilines is 1. The van der Waals surface area contributed by atoms with E-state index in [9.17, 15) is 4.79 Å². The molecule has 4 heterocycles. The van der Waals surface area contributed by atoms with Gasteiger partial charge < -0.3 is 4.74 Å². The summed E-state index contributed by atoms with van der Waals surface area (Å²) in [5.41, 5.74) is 6.22. The summed E-state index contributed by atoms with van der Waals surface area (Å²) in [7, 11) is 1.60. The molecule has 186 valence electrons. The first-order valence-electron chi connectivity index (χ1n) is 12.0. The molecular weight excluding hydrogens is 498 g/mol. The average molecular weight is 520 g/mol. The molecule has 4 aromatic heterocycles. The summed E-state index contributed by atoms with van der Waals surface area (Å²) in [6.45, 7) is 1.89. The van der Waals surface area contributed by atoms with Gasteiger partial charge in [0, 0.05) is 40.2 Å². The lowest BCUT2D eigenvalue weighted by Crippen LogP contribution is -2.14. The van der Waals surface area contributed by atoms with Crippen molar-refractivity contribution >= 4 is 32.9 Å². The average Bonchev–Trinajstić information content (AvgIpc) is 3.72. The van der Waals surface area contributed by atoms with Crippen molar-refractivity contribution in [1.29, 1.82) is 5.26 Å². The number of amides is 1. The minimum atomic E-state index is -0.342. The van der Waals surface area contributed by atoms with Gasteiger partial charge >= 0.3 is 0 Å². The molecule has 5 aromatic rings. The first-order valence-corrected chi connectivity index (χ1v) is 12.8. The van der Waals surface area contributed by atoms with Crippen molar-refractivity contribution in [3.8, 4) is 34.2 Å². The van der Waals surface area contributed by atoms with Crippen molar-refractivity contribution < 1.29 is 9.53 Å². The number of benzene rings is 1. The Labute approximate surface area is 222 Å². The number of rotatable bonds is 6. The van der Waals surface area contributed by atoms with E-state index in [-0.39, 0.29) is 5.91 Å². The largest absolute Gasteiger partial charge is 0.494 e. The molecule has 38 heavy (non-hydrogen) atoms. The first-order chi connectivity index (χ1) is 18.5. The first kappa shape index (κ1) is 23.6. The number of pyridine rings is 2. The summed E-state index contributed by atoms with van der Waals surface area (Å²) in [5, 5.41) is 12.3. The number of nitrogens with zero attached hydrogens (tertiary/aromatic N) is 6. The van der Waals surface area contributed by atoms with E-state index in [0.29, 0.717) is 44.1 Å². The van der Waals surface area contributed by atoms with E-state index in [1.807, 2.05) is 31.2 Å². The molecule has 0 bridgehead atoms. The zero-order valence-corrected chi connectivity index (χ0v) is 21.4. The molecule has 6 rings (SSSR count). The number of thiazole rings is 1. The van der Waals surface area contributed by atoms with Crippen LogP contribution in [0, 0.1) is 18.3 Å². The third-order valence-corrected chi connectivity index (χ3v) is 7.19. The van der Waals surface area contributed by atoms with Crippen LogP contribution in [-0.2, 0) is 0 Å². The van der Waals surface area contributed by atoms with Crippen LogP contribution in [0.25, 0.3) is 32.9 Å². The Balaban J connectivity index is 1.32. The van der Waals surface area contributed by atoms with E-state index in [2.05, 4.69) is 36.3 Å². The molecule has 0 atom stereocenters. The molecular formula is C28H21N7O2S. The highest BCUT2D eigenvalue weighted by Crippen LogP contribution is 2.42. The molecule has 1 aromatic carbocycles. The quantitative estimate of drug-likeness (QED) is 0.310. The van der Waals surface area contributed by atoms with E-state index in [0.717, 1.165) is 40.9 Å². The Hall–Kier alpha value is -4.75. The number of nitriles is 1. The van der Waals surface area contributed by atoms with Crippen LogP contribution in [0.2, 0.25) is 0 Å². The van der Waals surface area contributed by atoms with Crippen LogP contribution < -0.4 is 10.1 Å². The van der Waals surface area contributed by atoms with E-state index >= 15 is 0 Å². The predicted molar refractivity (Wildman–Crippen MR) is 144 cm³/mol. The SMILES string of the molecule is COc1cnc(C2CC2)cc1-c1cc(C)ncc1C(=O)Nc1nc2ncc(-c3ccc(C#N)cc3)nc2s1. The highest BCUT2D eigenvalue weighted by Gasteiger charge is 2.27. The molecule has 9 nitrogen and oxygen atoms in total. The maximum absolute atomic E-state index is 13.5. The zero-order chi connectivity index (χ0) is 26.2. The van der Waals surface area contributed by atoms with Crippen LogP contribution in [0.5, 0.6) is 5.75 Å². The van der Waals surface area contributed by atoms with Gasteiger partial charge in [-0.25, -0.2) is 9.97 Å². The number of carbonyl (C=O) groups is 1. The summed E-state index contributed by atoms with van der Waals surface area (Å²) in [4.78, 5) is 36.5. The van der Waals surface area contributed by atoms with Crippen molar-refractivity contribution in [2.75, 3.05) is 12.4 Å². The number of aryl methyl sites for hydroxylation is 1. The molecule has 1 aliphatic rings. The second-order valence-corrected chi connectivity index (χ2v) is 9.98. The lowest BCUT2D eigenvalue weighted by Gasteiger charge is -2.14. The maximum Gasteiger partial charge on any atom is 0.259 e. The van der Waals surface area contributed by atoms with Gasteiger partial charge in [-0.05, 0) is 44.0 Å². The van der Waals surface area contributed by atoms with Gasteiger partial charge in [0.1, 0.15) is 5.75 Å². The third kappa shape index (κ3) is 4.55. The van der Waals surface area contributed by atoms with Gasteiger partial charge in [0.05, 0.1) is 42.4 Å². The van der Waals surface area contributed by atoms with Crippen molar-refractivity contribution in [3.63, 3.8) is 0 Å². The molecule has 0 radical (unpaired) electrons. The topological polar surface area (TPSA) is 127 Å². The summed E-state index contributed by atoms with van der Waals surface area (Å²) in [6, 6.07) is 13.1. The molecule has 1 saturated carbocycles. The lowest BCUT2D eigenvalue weighted by molar-refractivity contribution is 0.102. The minimum absolute atomic E-state index is 0.342. The zero-order valence-electron chi connectivity index (χ0n) is 20.6.